The Morgan fingerprint density at radius 3 is 2.92 bits per heavy atom. The van der Waals surface area contributed by atoms with Crippen LogP contribution in [-0.2, 0) is 0 Å². The van der Waals surface area contributed by atoms with Crippen molar-refractivity contribution in [2.75, 3.05) is 0 Å². The maximum atomic E-state index is 5.95. The summed E-state index contributed by atoms with van der Waals surface area (Å²) in [6.07, 6.45) is 0. The van der Waals surface area contributed by atoms with E-state index in [9.17, 15) is 0 Å². The van der Waals surface area contributed by atoms with Crippen molar-refractivity contribution >= 4 is 33.0 Å². The van der Waals surface area contributed by atoms with E-state index in [0.29, 0.717) is 5.15 Å². The average Bonchev–Trinajstić information content (AvgIpc) is 2.29. The standard InChI is InChI=1S/C8H6BrClN2/c1-5-2-7-3-6(9)4-8(10)12(7)11-5/h2-4H,1H3. The number of fused-ring (bicyclic) bond motifs is 1. The van der Waals surface area contributed by atoms with Gasteiger partial charge in [0.25, 0.3) is 0 Å². The predicted molar refractivity (Wildman–Crippen MR) is 52.6 cm³/mol. The van der Waals surface area contributed by atoms with Gasteiger partial charge in [0.2, 0.25) is 0 Å². The van der Waals surface area contributed by atoms with Crippen LogP contribution in [0.3, 0.4) is 0 Å². The van der Waals surface area contributed by atoms with Gasteiger partial charge in [-0.05, 0) is 25.1 Å². The van der Waals surface area contributed by atoms with Gasteiger partial charge in [-0.2, -0.15) is 5.10 Å². The lowest BCUT2D eigenvalue weighted by Crippen LogP contribution is -1.88. The lowest BCUT2D eigenvalue weighted by molar-refractivity contribution is 0.933. The molecule has 62 valence electrons. The summed E-state index contributed by atoms with van der Waals surface area (Å²) in [6.45, 7) is 1.94. The zero-order chi connectivity index (χ0) is 8.72. The van der Waals surface area contributed by atoms with Crippen molar-refractivity contribution in [1.82, 2.24) is 9.61 Å². The van der Waals surface area contributed by atoms with Crippen LogP contribution in [-0.4, -0.2) is 9.61 Å². The number of aryl methyl sites for hydroxylation is 1. The number of aromatic nitrogens is 2. The molecule has 2 rings (SSSR count). The first kappa shape index (κ1) is 8.08. The fourth-order valence-corrected chi connectivity index (χ4v) is 1.99. The molecule has 0 aliphatic rings. The van der Waals surface area contributed by atoms with Crippen LogP contribution >= 0.6 is 27.5 Å². The molecule has 0 saturated heterocycles. The van der Waals surface area contributed by atoms with E-state index >= 15 is 0 Å². The summed E-state index contributed by atoms with van der Waals surface area (Å²) >= 11 is 9.31. The summed E-state index contributed by atoms with van der Waals surface area (Å²) in [5.74, 6) is 0. The second kappa shape index (κ2) is 2.75. The fraction of sp³-hybridized carbons (Fsp3) is 0.125. The van der Waals surface area contributed by atoms with Gasteiger partial charge in [-0.1, -0.05) is 27.5 Å². The van der Waals surface area contributed by atoms with Crippen molar-refractivity contribution < 1.29 is 0 Å². The first-order valence-corrected chi connectivity index (χ1v) is 4.65. The number of hydrogen-bond acceptors (Lipinski definition) is 1. The molecule has 0 aliphatic carbocycles. The molecule has 0 fully saturated rings. The SMILES string of the molecule is Cc1cc2cc(Br)cc(Cl)n2n1. The summed E-state index contributed by atoms with van der Waals surface area (Å²) in [6, 6.07) is 5.78. The van der Waals surface area contributed by atoms with Crippen LogP contribution in [0.4, 0.5) is 0 Å². The monoisotopic (exact) mass is 244 g/mol. The van der Waals surface area contributed by atoms with Crippen LogP contribution in [0.25, 0.3) is 5.52 Å². The van der Waals surface area contributed by atoms with Gasteiger partial charge in [0.15, 0.2) is 0 Å². The van der Waals surface area contributed by atoms with Crippen molar-refractivity contribution in [3.05, 3.63) is 33.5 Å². The molecule has 0 N–H and O–H groups in total. The molecule has 0 atom stereocenters. The summed E-state index contributed by atoms with van der Waals surface area (Å²) in [7, 11) is 0. The lowest BCUT2D eigenvalue weighted by Gasteiger charge is -1.96. The van der Waals surface area contributed by atoms with E-state index in [1.165, 1.54) is 0 Å². The van der Waals surface area contributed by atoms with Gasteiger partial charge in [0.1, 0.15) is 5.15 Å². The van der Waals surface area contributed by atoms with Gasteiger partial charge in [0, 0.05) is 4.47 Å². The molecular weight excluding hydrogens is 239 g/mol. The van der Waals surface area contributed by atoms with Crippen LogP contribution in [0.1, 0.15) is 5.69 Å². The third kappa shape index (κ3) is 1.23. The predicted octanol–water partition coefficient (Wildman–Crippen LogP) is 3.06. The molecule has 0 amide bonds. The number of nitrogens with zero attached hydrogens (tertiary/aromatic N) is 2. The second-order valence-corrected chi connectivity index (χ2v) is 3.92. The Bertz CT molecular complexity index is 436. The Labute approximate surface area is 83.3 Å². The van der Waals surface area contributed by atoms with E-state index < -0.39 is 0 Å². The number of halogens is 2. The summed E-state index contributed by atoms with van der Waals surface area (Å²) in [5.41, 5.74) is 1.97. The summed E-state index contributed by atoms with van der Waals surface area (Å²) in [5, 5.41) is 4.84. The zero-order valence-electron chi connectivity index (χ0n) is 6.38. The molecule has 12 heavy (non-hydrogen) atoms. The highest BCUT2D eigenvalue weighted by Gasteiger charge is 2.02. The topological polar surface area (TPSA) is 17.3 Å². The number of hydrogen-bond donors (Lipinski definition) is 0. The van der Waals surface area contributed by atoms with Gasteiger partial charge in [-0.15, -0.1) is 0 Å². The largest absolute Gasteiger partial charge is 0.222 e. The first-order valence-electron chi connectivity index (χ1n) is 3.48. The summed E-state index contributed by atoms with van der Waals surface area (Å²) in [4.78, 5) is 0. The quantitative estimate of drug-likeness (QED) is 0.652. The Hall–Kier alpha value is -0.540. The van der Waals surface area contributed by atoms with Crippen LogP contribution in [0.2, 0.25) is 5.15 Å². The van der Waals surface area contributed by atoms with Crippen molar-refractivity contribution in [1.29, 1.82) is 0 Å². The molecular formula is C8H6BrClN2. The van der Waals surface area contributed by atoms with Gasteiger partial charge in [-0.3, -0.25) is 0 Å². The Kier molecular flexibility index (Phi) is 1.85. The molecule has 2 aromatic rings. The lowest BCUT2D eigenvalue weighted by atomic mass is 10.4. The van der Waals surface area contributed by atoms with Crippen molar-refractivity contribution in [3.63, 3.8) is 0 Å². The zero-order valence-corrected chi connectivity index (χ0v) is 8.72. The van der Waals surface area contributed by atoms with Crippen LogP contribution in [0.15, 0.2) is 22.7 Å². The highest BCUT2D eigenvalue weighted by Crippen LogP contribution is 2.20. The van der Waals surface area contributed by atoms with Gasteiger partial charge < -0.3 is 0 Å². The molecule has 2 nitrogen and oxygen atoms in total. The number of pyridine rings is 1. The highest BCUT2D eigenvalue weighted by atomic mass is 79.9. The molecule has 0 aliphatic heterocycles. The van der Waals surface area contributed by atoms with Gasteiger partial charge >= 0.3 is 0 Å². The van der Waals surface area contributed by atoms with E-state index in [1.54, 1.807) is 4.52 Å². The molecule has 4 heteroatoms. The maximum Gasteiger partial charge on any atom is 0.132 e. The van der Waals surface area contributed by atoms with E-state index in [0.717, 1.165) is 15.7 Å². The Morgan fingerprint density at radius 1 is 1.42 bits per heavy atom. The minimum Gasteiger partial charge on any atom is -0.222 e. The normalized spacial score (nSPS) is 10.9. The molecule has 0 spiro atoms. The number of rotatable bonds is 0. The highest BCUT2D eigenvalue weighted by molar-refractivity contribution is 9.10. The smallest absolute Gasteiger partial charge is 0.132 e. The third-order valence-corrected chi connectivity index (χ3v) is 2.33. The van der Waals surface area contributed by atoms with Crippen LogP contribution < -0.4 is 0 Å². The van der Waals surface area contributed by atoms with Crippen molar-refractivity contribution in [2.24, 2.45) is 0 Å². The van der Waals surface area contributed by atoms with Crippen LogP contribution in [0.5, 0.6) is 0 Å². The third-order valence-electron chi connectivity index (χ3n) is 1.60. The molecule has 0 radical (unpaired) electrons. The van der Waals surface area contributed by atoms with E-state index in [2.05, 4.69) is 21.0 Å². The minimum absolute atomic E-state index is 0.618. The Balaban J connectivity index is 2.88. The van der Waals surface area contributed by atoms with E-state index in [-0.39, 0.29) is 0 Å². The Morgan fingerprint density at radius 2 is 2.17 bits per heavy atom. The molecule has 0 unspecified atom stereocenters. The molecule has 0 bridgehead atoms. The fourth-order valence-electron chi connectivity index (χ4n) is 1.15. The van der Waals surface area contributed by atoms with E-state index in [4.69, 9.17) is 11.6 Å². The molecule has 0 saturated carbocycles. The van der Waals surface area contributed by atoms with Crippen molar-refractivity contribution in [2.45, 2.75) is 6.92 Å². The average molecular weight is 246 g/mol. The first-order chi connectivity index (χ1) is 5.66. The minimum atomic E-state index is 0.618. The van der Waals surface area contributed by atoms with Crippen LogP contribution in [0, 0.1) is 6.92 Å². The molecule has 2 heterocycles. The maximum absolute atomic E-state index is 5.95. The van der Waals surface area contributed by atoms with Crippen molar-refractivity contribution in [3.8, 4) is 0 Å². The van der Waals surface area contributed by atoms with Gasteiger partial charge in [-0.25, -0.2) is 4.52 Å². The summed E-state index contributed by atoms with van der Waals surface area (Å²) < 4.78 is 2.68. The second-order valence-electron chi connectivity index (χ2n) is 2.62. The molecule has 2 aromatic heterocycles. The van der Waals surface area contributed by atoms with Gasteiger partial charge in [0.05, 0.1) is 11.2 Å². The molecule has 0 aromatic carbocycles. The van der Waals surface area contributed by atoms with E-state index in [1.807, 2.05) is 25.1 Å².